The van der Waals surface area contributed by atoms with Gasteiger partial charge in [0.1, 0.15) is 0 Å². The first-order valence-electron chi connectivity index (χ1n) is 9.32. The highest BCUT2D eigenvalue weighted by Crippen LogP contribution is 2.30. The maximum Gasteiger partial charge on any atom is 0.337 e. The lowest BCUT2D eigenvalue weighted by molar-refractivity contribution is -0.166. The third-order valence-corrected chi connectivity index (χ3v) is 6.76. The summed E-state index contributed by atoms with van der Waals surface area (Å²) in [5, 5.41) is 1.15. The van der Waals surface area contributed by atoms with Crippen LogP contribution in [0.4, 0.5) is 0 Å². The fraction of sp³-hybridized carbons (Fsp3) is 0.318. The molecule has 0 N–H and O–H groups in total. The van der Waals surface area contributed by atoms with Crippen molar-refractivity contribution in [3.8, 4) is 0 Å². The Kier molecular flexibility index (Phi) is 6.00. The molecule has 0 amide bonds. The Balaban J connectivity index is 2.17. The molecule has 1 heterocycles. The van der Waals surface area contributed by atoms with E-state index in [1.54, 1.807) is 50.2 Å². The van der Waals surface area contributed by atoms with Gasteiger partial charge in [0.05, 0.1) is 29.8 Å². The second-order valence-electron chi connectivity index (χ2n) is 7.72. The second-order valence-corrected chi connectivity index (χ2v) is 9.95. The van der Waals surface area contributed by atoms with Crippen molar-refractivity contribution in [2.75, 3.05) is 7.11 Å². The SMILES string of the molecule is COC(=O)C(C)(C)OCc1cc2cc(Cl)ccc2n1S(=O)(=O)c1cc(C)cc(C)c1. The summed E-state index contributed by atoms with van der Waals surface area (Å²) in [4.78, 5) is 12.1. The van der Waals surface area contributed by atoms with Crippen LogP contribution in [0.2, 0.25) is 5.02 Å². The van der Waals surface area contributed by atoms with Gasteiger partial charge in [-0.3, -0.25) is 0 Å². The number of esters is 1. The molecule has 160 valence electrons. The van der Waals surface area contributed by atoms with Crippen molar-refractivity contribution in [2.24, 2.45) is 0 Å². The molecule has 2 aromatic carbocycles. The summed E-state index contributed by atoms with van der Waals surface area (Å²) in [5.74, 6) is -0.551. The highest BCUT2D eigenvalue weighted by atomic mass is 35.5. The summed E-state index contributed by atoms with van der Waals surface area (Å²) in [5.41, 5.74) is 1.31. The van der Waals surface area contributed by atoms with Crippen LogP contribution < -0.4 is 0 Å². The standard InChI is InChI=1S/C22H24ClNO5S/c1-14-8-15(2)10-19(9-14)30(26,27)24-18(13-29-22(3,4)21(25)28-5)12-16-11-17(23)6-7-20(16)24/h6-12H,13H2,1-5H3. The van der Waals surface area contributed by atoms with Gasteiger partial charge in [-0.25, -0.2) is 17.2 Å². The molecule has 1 aromatic heterocycles. The van der Waals surface area contributed by atoms with Crippen LogP contribution in [0.25, 0.3) is 10.9 Å². The van der Waals surface area contributed by atoms with Gasteiger partial charge in [0, 0.05) is 10.4 Å². The van der Waals surface area contributed by atoms with Gasteiger partial charge in [0.25, 0.3) is 10.0 Å². The van der Waals surface area contributed by atoms with Crippen LogP contribution in [0.1, 0.15) is 30.7 Å². The molecule has 8 heteroatoms. The second kappa shape index (κ2) is 8.06. The Hall–Kier alpha value is -2.35. The molecule has 0 aliphatic rings. The van der Waals surface area contributed by atoms with Gasteiger partial charge in [-0.15, -0.1) is 0 Å². The summed E-state index contributed by atoms with van der Waals surface area (Å²) in [6.45, 7) is 6.73. The number of nitrogens with zero attached hydrogens (tertiary/aromatic N) is 1. The molecule has 0 bridgehead atoms. The van der Waals surface area contributed by atoms with E-state index in [0.717, 1.165) is 11.1 Å². The zero-order chi connectivity index (χ0) is 22.3. The van der Waals surface area contributed by atoms with Crippen LogP contribution in [0, 0.1) is 13.8 Å². The lowest BCUT2D eigenvalue weighted by Crippen LogP contribution is -2.36. The van der Waals surface area contributed by atoms with Crippen LogP contribution in [0.5, 0.6) is 0 Å². The topological polar surface area (TPSA) is 74.6 Å². The van der Waals surface area contributed by atoms with Gasteiger partial charge in [0.15, 0.2) is 5.60 Å². The molecule has 0 saturated heterocycles. The molecule has 6 nitrogen and oxygen atoms in total. The fourth-order valence-corrected chi connectivity index (χ4v) is 5.25. The van der Waals surface area contributed by atoms with E-state index in [1.807, 2.05) is 19.9 Å². The van der Waals surface area contributed by atoms with Gasteiger partial charge in [-0.2, -0.15) is 0 Å². The molecule has 3 aromatic rings. The van der Waals surface area contributed by atoms with Gasteiger partial charge in [-0.05, 0) is 75.2 Å². The molecule has 0 aliphatic carbocycles. The van der Waals surface area contributed by atoms with E-state index in [1.165, 1.54) is 11.1 Å². The van der Waals surface area contributed by atoms with Gasteiger partial charge >= 0.3 is 5.97 Å². The minimum Gasteiger partial charge on any atom is -0.467 e. The van der Waals surface area contributed by atoms with Crippen molar-refractivity contribution >= 4 is 38.5 Å². The van der Waals surface area contributed by atoms with Gasteiger partial charge in [-0.1, -0.05) is 17.7 Å². The predicted octanol–water partition coefficient (Wildman–Crippen LogP) is 4.62. The highest BCUT2D eigenvalue weighted by Gasteiger charge is 2.31. The third-order valence-electron chi connectivity index (χ3n) is 4.78. The van der Waals surface area contributed by atoms with E-state index in [-0.39, 0.29) is 11.5 Å². The zero-order valence-electron chi connectivity index (χ0n) is 17.5. The summed E-state index contributed by atoms with van der Waals surface area (Å²) < 4.78 is 39.0. The predicted molar refractivity (Wildman–Crippen MR) is 116 cm³/mol. The Morgan fingerprint density at radius 2 is 1.70 bits per heavy atom. The summed E-state index contributed by atoms with van der Waals surface area (Å²) in [7, 11) is -2.65. The third kappa shape index (κ3) is 4.24. The van der Waals surface area contributed by atoms with Crippen molar-refractivity contribution in [3.05, 3.63) is 64.3 Å². The first kappa shape index (κ1) is 22.3. The Morgan fingerprint density at radius 3 is 2.30 bits per heavy atom. The largest absolute Gasteiger partial charge is 0.467 e. The number of rotatable bonds is 6. The van der Waals surface area contributed by atoms with E-state index in [4.69, 9.17) is 21.1 Å². The molecule has 0 saturated carbocycles. The number of carbonyl (C=O) groups excluding carboxylic acids is 1. The Morgan fingerprint density at radius 1 is 1.07 bits per heavy atom. The number of carbonyl (C=O) groups is 1. The van der Waals surface area contributed by atoms with E-state index in [9.17, 15) is 13.2 Å². The normalized spacial score (nSPS) is 12.3. The molecule has 0 unspecified atom stereocenters. The average molecular weight is 450 g/mol. The molecule has 0 radical (unpaired) electrons. The maximum absolute atomic E-state index is 13.6. The smallest absolute Gasteiger partial charge is 0.337 e. The van der Waals surface area contributed by atoms with Gasteiger partial charge in [0.2, 0.25) is 0 Å². The van der Waals surface area contributed by atoms with Gasteiger partial charge < -0.3 is 9.47 Å². The molecule has 0 fully saturated rings. The number of hydrogen-bond acceptors (Lipinski definition) is 5. The molecule has 0 atom stereocenters. The van der Waals surface area contributed by atoms with Crippen molar-refractivity contribution < 1.29 is 22.7 Å². The molecular weight excluding hydrogens is 426 g/mol. The molecule has 0 aliphatic heterocycles. The number of hydrogen-bond donors (Lipinski definition) is 0. The van der Waals surface area contributed by atoms with Crippen molar-refractivity contribution in [2.45, 2.75) is 44.8 Å². The first-order chi connectivity index (χ1) is 14.0. The lowest BCUT2D eigenvalue weighted by atomic mass is 10.1. The number of aryl methyl sites for hydroxylation is 2. The lowest BCUT2D eigenvalue weighted by Gasteiger charge is -2.22. The Labute approximate surface area is 181 Å². The molecular formula is C22H24ClNO5S. The number of methoxy groups -OCH3 is 1. The monoisotopic (exact) mass is 449 g/mol. The van der Waals surface area contributed by atoms with E-state index >= 15 is 0 Å². The maximum atomic E-state index is 13.6. The molecule has 0 spiro atoms. The first-order valence-corrected chi connectivity index (χ1v) is 11.1. The van der Waals surface area contributed by atoms with E-state index in [2.05, 4.69) is 0 Å². The van der Waals surface area contributed by atoms with Crippen molar-refractivity contribution in [3.63, 3.8) is 0 Å². The van der Waals surface area contributed by atoms with Crippen molar-refractivity contribution in [1.29, 1.82) is 0 Å². The van der Waals surface area contributed by atoms with Crippen LogP contribution in [0.15, 0.2) is 47.4 Å². The summed E-state index contributed by atoms with van der Waals surface area (Å²) >= 11 is 6.11. The Bertz CT molecular complexity index is 1210. The minimum atomic E-state index is -3.93. The number of ether oxygens (including phenoxy) is 2. The fourth-order valence-electron chi connectivity index (χ4n) is 3.35. The van der Waals surface area contributed by atoms with E-state index < -0.39 is 21.6 Å². The molecule has 30 heavy (non-hydrogen) atoms. The quantitative estimate of drug-likeness (QED) is 0.513. The zero-order valence-corrected chi connectivity index (χ0v) is 19.1. The number of halogens is 1. The number of aromatic nitrogens is 1. The van der Waals surface area contributed by atoms with Crippen LogP contribution >= 0.6 is 11.6 Å². The summed E-state index contributed by atoms with van der Waals surface area (Å²) in [6.07, 6.45) is 0. The minimum absolute atomic E-state index is 0.113. The average Bonchev–Trinajstić information content (AvgIpc) is 3.03. The number of benzene rings is 2. The van der Waals surface area contributed by atoms with Crippen molar-refractivity contribution in [1.82, 2.24) is 3.97 Å². The summed E-state index contributed by atoms with van der Waals surface area (Å²) in [6, 6.07) is 11.9. The van der Waals surface area contributed by atoms with Crippen LogP contribution in [-0.2, 0) is 30.9 Å². The molecule has 3 rings (SSSR count). The van der Waals surface area contributed by atoms with Crippen LogP contribution in [-0.4, -0.2) is 31.1 Å². The van der Waals surface area contributed by atoms with E-state index in [0.29, 0.717) is 21.6 Å². The highest BCUT2D eigenvalue weighted by molar-refractivity contribution is 7.90. The number of fused-ring (bicyclic) bond motifs is 1. The van der Waals surface area contributed by atoms with Crippen LogP contribution in [0.3, 0.4) is 0 Å².